The van der Waals surface area contributed by atoms with Crippen LogP contribution in [-0.4, -0.2) is 45.3 Å². The van der Waals surface area contributed by atoms with Crippen LogP contribution in [-0.2, 0) is 9.53 Å². The van der Waals surface area contributed by atoms with Gasteiger partial charge >= 0.3 is 0 Å². The summed E-state index contributed by atoms with van der Waals surface area (Å²) in [6, 6.07) is 7.98. The number of rotatable bonds is 3. The molecule has 2 fully saturated rings. The van der Waals surface area contributed by atoms with Crippen molar-refractivity contribution in [1.82, 2.24) is 5.32 Å². The third-order valence-electron chi connectivity index (χ3n) is 3.67. The highest BCUT2D eigenvalue weighted by atomic mass is 16.5. The Kier molecular flexibility index (Phi) is 3.66. The zero-order valence-corrected chi connectivity index (χ0v) is 10.9. The van der Waals surface area contributed by atoms with Gasteiger partial charge < -0.3 is 20.3 Å². The van der Waals surface area contributed by atoms with Gasteiger partial charge in [-0.15, -0.1) is 0 Å². The number of carbonyl (C=O) groups is 1. The van der Waals surface area contributed by atoms with E-state index in [1.807, 2.05) is 18.2 Å². The molecule has 2 aliphatic rings. The van der Waals surface area contributed by atoms with E-state index < -0.39 is 0 Å². The number of ether oxygens (including phenoxy) is 1. The molecule has 3 rings (SSSR count). The minimum atomic E-state index is 0.109. The first-order valence-electron chi connectivity index (χ1n) is 6.78. The second-order valence-corrected chi connectivity index (χ2v) is 4.96. The minimum absolute atomic E-state index is 0.109. The summed E-state index contributed by atoms with van der Waals surface area (Å²) in [4.78, 5) is 14.3. The van der Waals surface area contributed by atoms with Crippen LogP contribution >= 0.6 is 0 Å². The standard InChI is InChI=1S/C14H19N3O2/c18-14(11-9-15-10-11)16-12-3-1-2-4-13(12)17-5-7-19-8-6-17/h1-4,11,15H,5-10H2,(H,16,18). The van der Waals surface area contributed by atoms with Gasteiger partial charge in [-0.05, 0) is 12.1 Å². The lowest BCUT2D eigenvalue weighted by molar-refractivity contribution is -0.121. The van der Waals surface area contributed by atoms with Crippen molar-refractivity contribution in [2.45, 2.75) is 0 Å². The molecule has 0 unspecified atom stereocenters. The Balaban J connectivity index is 1.74. The lowest BCUT2D eigenvalue weighted by Crippen LogP contribution is -2.48. The highest BCUT2D eigenvalue weighted by molar-refractivity contribution is 5.96. The van der Waals surface area contributed by atoms with E-state index in [9.17, 15) is 4.79 Å². The van der Waals surface area contributed by atoms with E-state index in [1.165, 1.54) is 0 Å². The SMILES string of the molecule is O=C(Nc1ccccc1N1CCOCC1)C1CNC1. The molecule has 2 aliphatic heterocycles. The molecule has 2 N–H and O–H groups in total. The molecule has 2 heterocycles. The molecule has 0 spiro atoms. The number of para-hydroxylation sites is 2. The summed E-state index contributed by atoms with van der Waals surface area (Å²) in [6.07, 6.45) is 0. The molecule has 0 atom stereocenters. The summed E-state index contributed by atoms with van der Waals surface area (Å²) >= 11 is 0. The first-order valence-corrected chi connectivity index (χ1v) is 6.78. The summed E-state index contributed by atoms with van der Waals surface area (Å²) in [6.45, 7) is 4.80. The molecule has 0 aliphatic carbocycles. The number of nitrogens with one attached hydrogen (secondary N) is 2. The molecule has 5 heteroatoms. The van der Waals surface area contributed by atoms with Crippen molar-refractivity contribution in [3.05, 3.63) is 24.3 Å². The topological polar surface area (TPSA) is 53.6 Å². The molecule has 19 heavy (non-hydrogen) atoms. The van der Waals surface area contributed by atoms with Gasteiger partial charge in [0.25, 0.3) is 0 Å². The lowest BCUT2D eigenvalue weighted by Gasteiger charge is -2.31. The average Bonchev–Trinajstić information content (AvgIpc) is 2.38. The van der Waals surface area contributed by atoms with E-state index in [-0.39, 0.29) is 11.8 Å². The van der Waals surface area contributed by atoms with Gasteiger partial charge in [0.15, 0.2) is 0 Å². The van der Waals surface area contributed by atoms with E-state index >= 15 is 0 Å². The van der Waals surface area contributed by atoms with Crippen LogP contribution in [0.2, 0.25) is 0 Å². The summed E-state index contributed by atoms with van der Waals surface area (Å²) in [5.41, 5.74) is 1.99. The maximum absolute atomic E-state index is 12.0. The van der Waals surface area contributed by atoms with Gasteiger partial charge in [-0.2, -0.15) is 0 Å². The predicted octanol–water partition coefficient (Wildman–Crippen LogP) is 0.681. The van der Waals surface area contributed by atoms with Crippen molar-refractivity contribution in [3.63, 3.8) is 0 Å². The van der Waals surface area contributed by atoms with Gasteiger partial charge in [0, 0.05) is 26.2 Å². The third kappa shape index (κ3) is 2.72. The van der Waals surface area contributed by atoms with Crippen LogP contribution < -0.4 is 15.5 Å². The van der Waals surface area contributed by atoms with E-state index in [4.69, 9.17) is 4.74 Å². The fourth-order valence-electron chi connectivity index (χ4n) is 2.37. The fourth-order valence-corrected chi connectivity index (χ4v) is 2.37. The highest BCUT2D eigenvalue weighted by Crippen LogP contribution is 2.26. The number of carbonyl (C=O) groups excluding carboxylic acids is 1. The van der Waals surface area contributed by atoms with Crippen molar-refractivity contribution in [1.29, 1.82) is 0 Å². The summed E-state index contributed by atoms with van der Waals surface area (Å²) in [5.74, 6) is 0.220. The van der Waals surface area contributed by atoms with Gasteiger partial charge in [0.2, 0.25) is 5.91 Å². The number of hydrogen-bond donors (Lipinski definition) is 2. The lowest BCUT2D eigenvalue weighted by atomic mass is 10.0. The first-order chi connectivity index (χ1) is 9.34. The number of nitrogens with zero attached hydrogens (tertiary/aromatic N) is 1. The van der Waals surface area contributed by atoms with Crippen LogP contribution in [0, 0.1) is 5.92 Å². The number of hydrogen-bond acceptors (Lipinski definition) is 4. The van der Waals surface area contributed by atoms with Gasteiger partial charge in [0.05, 0.1) is 30.5 Å². The Morgan fingerprint density at radius 1 is 1.26 bits per heavy atom. The van der Waals surface area contributed by atoms with Crippen LogP contribution in [0.3, 0.4) is 0 Å². The van der Waals surface area contributed by atoms with E-state index in [1.54, 1.807) is 0 Å². The van der Waals surface area contributed by atoms with Crippen LogP contribution in [0.4, 0.5) is 11.4 Å². The summed E-state index contributed by atoms with van der Waals surface area (Å²) in [7, 11) is 0. The molecule has 0 bridgehead atoms. The monoisotopic (exact) mass is 261 g/mol. The smallest absolute Gasteiger partial charge is 0.230 e. The number of amides is 1. The van der Waals surface area contributed by atoms with Crippen molar-refractivity contribution < 1.29 is 9.53 Å². The van der Waals surface area contributed by atoms with E-state index in [0.717, 1.165) is 50.8 Å². The summed E-state index contributed by atoms with van der Waals surface area (Å²) < 4.78 is 5.37. The maximum atomic E-state index is 12.0. The van der Waals surface area contributed by atoms with E-state index in [0.29, 0.717) is 0 Å². The Bertz CT molecular complexity index is 454. The van der Waals surface area contributed by atoms with Gasteiger partial charge in [-0.1, -0.05) is 12.1 Å². The largest absolute Gasteiger partial charge is 0.378 e. The predicted molar refractivity (Wildman–Crippen MR) is 74.5 cm³/mol. The number of anilines is 2. The average molecular weight is 261 g/mol. The van der Waals surface area contributed by atoms with Crippen molar-refractivity contribution >= 4 is 17.3 Å². The van der Waals surface area contributed by atoms with Crippen molar-refractivity contribution in [2.75, 3.05) is 49.6 Å². The third-order valence-corrected chi connectivity index (χ3v) is 3.67. The molecule has 1 amide bonds. The Hall–Kier alpha value is -1.59. The van der Waals surface area contributed by atoms with Crippen LogP contribution in [0.15, 0.2) is 24.3 Å². The molecular formula is C14H19N3O2. The van der Waals surface area contributed by atoms with Gasteiger partial charge in [-0.25, -0.2) is 0 Å². The second kappa shape index (κ2) is 5.59. The van der Waals surface area contributed by atoms with Gasteiger partial charge in [0.1, 0.15) is 0 Å². The summed E-state index contributed by atoms with van der Waals surface area (Å²) in [5, 5.41) is 6.17. The normalized spacial score (nSPS) is 19.9. The molecule has 1 aromatic rings. The Morgan fingerprint density at radius 2 is 2.00 bits per heavy atom. The molecule has 0 saturated carbocycles. The zero-order valence-electron chi connectivity index (χ0n) is 10.9. The zero-order chi connectivity index (χ0) is 13.1. The fraction of sp³-hybridized carbons (Fsp3) is 0.500. The molecule has 2 saturated heterocycles. The number of benzene rings is 1. The Labute approximate surface area is 112 Å². The Morgan fingerprint density at radius 3 is 2.68 bits per heavy atom. The van der Waals surface area contributed by atoms with Gasteiger partial charge in [-0.3, -0.25) is 4.79 Å². The highest BCUT2D eigenvalue weighted by Gasteiger charge is 2.25. The van der Waals surface area contributed by atoms with Crippen molar-refractivity contribution in [3.8, 4) is 0 Å². The van der Waals surface area contributed by atoms with E-state index in [2.05, 4.69) is 21.6 Å². The molecule has 5 nitrogen and oxygen atoms in total. The minimum Gasteiger partial charge on any atom is -0.378 e. The van der Waals surface area contributed by atoms with Crippen LogP contribution in [0.5, 0.6) is 0 Å². The number of morpholine rings is 1. The molecule has 102 valence electrons. The quantitative estimate of drug-likeness (QED) is 0.840. The molecule has 0 radical (unpaired) electrons. The van der Waals surface area contributed by atoms with Crippen LogP contribution in [0.25, 0.3) is 0 Å². The van der Waals surface area contributed by atoms with Crippen molar-refractivity contribution in [2.24, 2.45) is 5.92 Å². The molecule has 1 aromatic carbocycles. The first kappa shape index (κ1) is 12.4. The van der Waals surface area contributed by atoms with Crippen LogP contribution in [0.1, 0.15) is 0 Å². The molecule has 0 aromatic heterocycles. The maximum Gasteiger partial charge on any atom is 0.230 e. The second-order valence-electron chi connectivity index (χ2n) is 4.96. The molecular weight excluding hydrogens is 242 g/mol.